The molecule has 0 amide bonds. The highest BCUT2D eigenvalue weighted by Crippen LogP contribution is 2.24. The monoisotopic (exact) mass is 244 g/mol. The molecule has 0 radical (unpaired) electrons. The SMILES string of the molecule is CCn1ncc(CCC(=O)O)c1-c1ccccc1. The van der Waals surface area contributed by atoms with Crippen molar-refractivity contribution < 1.29 is 9.90 Å². The van der Waals surface area contributed by atoms with Crippen molar-refractivity contribution in [3.05, 3.63) is 42.1 Å². The number of rotatable bonds is 5. The van der Waals surface area contributed by atoms with Gasteiger partial charge in [0.05, 0.1) is 11.9 Å². The molecule has 0 atom stereocenters. The van der Waals surface area contributed by atoms with Crippen LogP contribution in [0.4, 0.5) is 0 Å². The summed E-state index contributed by atoms with van der Waals surface area (Å²) in [5, 5.41) is 13.1. The number of carboxylic acids is 1. The van der Waals surface area contributed by atoms with Gasteiger partial charge in [0.15, 0.2) is 0 Å². The van der Waals surface area contributed by atoms with Gasteiger partial charge in [0.25, 0.3) is 0 Å². The Labute approximate surface area is 106 Å². The fourth-order valence-corrected chi connectivity index (χ4v) is 2.02. The molecule has 4 heteroatoms. The van der Waals surface area contributed by atoms with Crippen molar-refractivity contribution >= 4 is 5.97 Å². The normalized spacial score (nSPS) is 10.5. The molecule has 0 fully saturated rings. The summed E-state index contributed by atoms with van der Waals surface area (Å²) in [6, 6.07) is 9.96. The molecule has 2 rings (SSSR count). The minimum Gasteiger partial charge on any atom is -0.481 e. The van der Waals surface area contributed by atoms with Gasteiger partial charge in [-0.2, -0.15) is 5.10 Å². The standard InChI is InChI=1S/C14H16N2O2/c1-2-16-14(11-6-4-3-5-7-11)12(10-15-16)8-9-13(17)18/h3-7,10H,2,8-9H2,1H3,(H,17,18). The second kappa shape index (κ2) is 5.49. The number of aliphatic carboxylic acids is 1. The lowest BCUT2D eigenvalue weighted by atomic mass is 10.0. The molecule has 0 bridgehead atoms. The fraction of sp³-hybridized carbons (Fsp3) is 0.286. The van der Waals surface area contributed by atoms with Gasteiger partial charge in [-0.1, -0.05) is 30.3 Å². The first-order chi connectivity index (χ1) is 8.72. The highest BCUT2D eigenvalue weighted by atomic mass is 16.4. The first kappa shape index (κ1) is 12.4. The van der Waals surface area contributed by atoms with E-state index in [-0.39, 0.29) is 6.42 Å². The third kappa shape index (κ3) is 2.59. The Balaban J connectivity index is 2.37. The smallest absolute Gasteiger partial charge is 0.303 e. The van der Waals surface area contributed by atoms with Crippen LogP contribution in [0.15, 0.2) is 36.5 Å². The predicted octanol–water partition coefficient (Wildman–Crippen LogP) is 2.59. The zero-order valence-electron chi connectivity index (χ0n) is 10.3. The lowest BCUT2D eigenvalue weighted by molar-refractivity contribution is -0.136. The minimum absolute atomic E-state index is 0.134. The Hall–Kier alpha value is -2.10. The highest BCUT2D eigenvalue weighted by Gasteiger charge is 2.12. The molecule has 0 saturated carbocycles. The quantitative estimate of drug-likeness (QED) is 0.879. The molecule has 1 aromatic heterocycles. The molecule has 0 aliphatic heterocycles. The van der Waals surface area contributed by atoms with E-state index >= 15 is 0 Å². The first-order valence-electron chi connectivity index (χ1n) is 6.04. The van der Waals surface area contributed by atoms with E-state index in [1.165, 1.54) is 0 Å². The van der Waals surface area contributed by atoms with Crippen molar-refractivity contribution in [3.63, 3.8) is 0 Å². The molecule has 1 aromatic carbocycles. The van der Waals surface area contributed by atoms with Crippen molar-refractivity contribution in [2.45, 2.75) is 26.3 Å². The fourth-order valence-electron chi connectivity index (χ4n) is 2.02. The highest BCUT2D eigenvalue weighted by molar-refractivity contribution is 5.69. The second-order valence-corrected chi connectivity index (χ2v) is 4.09. The summed E-state index contributed by atoms with van der Waals surface area (Å²) in [6.07, 6.45) is 2.42. The van der Waals surface area contributed by atoms with Gasteiger partial charge < -0.3 is 5.11 Å². The van der Waals surface area contributed by atoms with Gasteiger partial charge in [0.1, 0.15) is 0 Å². The maximum atomic E-state index is 10.7. The Morgan fingerprint density at radius 1 is 1.33 bits per heavy atom. The number of hydrogen-bond acceptors (Lipinski definition) is 2. The number of aromatic nitrogens is 2. The van der Waals surface area contributed by atoms with Crippen molar-refractivity contribution in [2.24, 2.45) is 0 Å². The molecule has 4 nitrogen and oxygen atoms in total. The topological polar surface area (TPSA) is 55.1 Å². The first-order valence-corrected chi connectivity index (χ1v) is 6.04. The van der Waals surface area contributed by atoms with Crippen LogP contribution in [-0.4, -0.2) is 20.9 Å². The zero-order valence-corrected chi connectivity index (χ0v) is 10.3. The van der Waals surface area contributed by atoms with Gasteiger partial charge in [0.2, 0.25) is 0 Å². The van der Waals surface area contributed by atoms with Crippen LogP contribution in [-0.2, 0) is 17.8 Å². The van der Waals surface area contributed by atoms with Crippen LogP contribution in [0.2, 0.25) is 0 Å². The van der Waals surface area contributed by atoms with Crippen LogP contribution < -0.4 is 0 Å². The summed E-state index contributed by atoms with van der Waals surface area (Å²) in [5.41, 5.74) is 3.10. The third-order valence-corrected chi connectivity index (χ3v) is 2.87. The van der Waals surface area contributed by atoms with E-state index in [0.717, 1.165) is 23.4 Å². The van der Waals surface area contributed by atoms with Gasteiger partial charge in [-0.25, -0.2) is 0 Å². The predicted molar refractivity (Wildman–Crippen MR) is 69.3 cm³/mol. The maximum Gasteiger partial charge on any atom is 0.303 e. The van der Waals surface area contributed by atoms with E-state index in [9.17, 15) is 4.79 Å². The van der Waals surface area contributed by atoms with Crippen LogP contribution >= 0.6 is 0 Å². The van der Waals surface area contributed by atoms with Gasteiger partial charge in [-0.3, -0.25) is 9.48 Å². The van der Waals surface area contributed by atoms with E-state index < -0.39 is 5.97 Å². The van der Waals surface area contributed by atoms with E-state index in [2.05, 4.69) is 5.10 Å². The Bertz CT molecular complexity index is 532. The van der Waals surface area contributed by atoms with Crippen molar-refractivity contribution in [1.82, 2.24) is 9.78 Å². The van der Waals surface area contributed by atoms with Crippen LogP contribution in [0.25, 0.3) is 11.3 Å². The lowest BCUT2D eigenvalue weighted by Gasteiger charge is -2.07. The molecule has 1 heterocycles. The van der Waals surface area contributed by atoms with E-state index in [1.54, 1.807) is 6.20 Å². The Kier molecular flexibility index (Phi) is 3.77. The number of benzene rings is 1. The number of carbonyl (C=O) groups is 1. The summed E-state index contributed by atoms with van der Waals surface area (Å²) in [4.78, 5) is 10.7. The summed E-state index contributed by atoms with van der Waals surface area (Å²) in [7, 11) is 0. The minimum atomic E-state index is -0.779. The lowest BCUT2D eigenvalue weighted by Crippen LogP contribution is -2.02. The molecule has 94 valence electrons. The number of carboxylic acid groups (broad SMARTS) is 1. The molecule has 0 aliphatic carbocycles. The average molecular weight is 244 g/mol. The van der Waals surface area contributed by atoms with Gasteiger partial charge in [-0.15, -0.1) is 0 Å². The molecule has 0 saturated heterocycles. The van der Waals surface area contributed by atoms with Crippen LogP contribution in [0.5, 0.6) is 0 Å². The van der Waals surface area contributed by atoms with Gasteiger partial charge in [-0.05, 0) is 18.9 Å². The van der Waals surface area contributed by atoms with Gasteiger partial charge in [0, 0.05) is 18.5 Å². The molecule has 1 N–H and O–H groups in total. The molecule has 2 aromatic rings. The molecule has 0 spiro atoms. The van der Waals surface area contributed by atoms with Crippen LogP contribution in [0.3, 0.4) is 0 Å². The molecular formula is C14H16N2O2. The summed E-state index contributed by atoms with van der Waals surface area (Å²) in [5.74, 6) is -0.779. The molecule has 18 heavy (non-hydrogen) atoms. The maximum absolute atomic E-state index is 10.7. The molecule has 0 unspecified atom stereocenters. The summed E-state index contributed by atoms with van der Waals surface area (Å²) >= 11 is 0. The zero-order chi connectivity index (χ0) is 13.0. The van der Waals surface area contributed by atoms with Crippen molar-refractivity contribution in [1.29, 1.82) is 0 Å². The Morgan fingerprint density at radius 2 is 2.06 bits per heavy atom. The average Bonchev–Trinajstić information content (AvgIpc) is 2.80. The Morgan fingerprint density at radius 3 is 2.67 bits per heavy atom. The number of aryl methyl sites for hydroxylation is 2. The molecular weight excluding hydrogens is 228 g/mol. The second-order valence-electron chi connectivity index (χ2n) is 4.09. The third-order valence-electron chi connectivity index (χ3n) is 2.87. The van der Waals surface area contributed by atoms with Crippen LogP contribution in [0.1, 0.15) is 18.9 Å². The summed E-state index contributed by atoms with van der Waals surface area (Å²) < 4.78 is 1.91. The molecule has 0 aliphatic rings. The van der Waals surface area contributed by atoms with Crippen molar-refractivity contribution in [3.8, 4) is 11.3 Å². The summed E-state index contributed by atoms with van der Waals surface area (Å²) in [6.45, 7) is 2.80. The van der Waals surface area contributed by atoms with E-state index in [4.69, 9.17) is 5.11 Å². The number of nitrogens with zero attached hydrogens (tertiary/aromatic N) is 2. The van der Waals surface area contributed by atoms with Crippen LogP contribution in [0, 0.1) is 0 Å². The van der Waals surface area contributed by atoms with E-state index in [1.807, 2.05) is 41.9 Å². The largest absolute Gasteiger partial charge is 0.481 e. The van der Waals surface area contributed by atoms with E-state index in [0.29, 0.717) is 6.42 Å². The van der Waals surface area contributed by atoms with Gasteiger partial charge >= 0.3 is 5.97 Å². The number of hydrogen-bond donors (Lipinski definition) is 1. The van der Waals surface area contributed by atoms with Crippen molar-refractivity contribution in [2.75, 3.05) is 0 Å².